The Hall–Kier alpha value is -4.90. The quantitative estimate of drug-likeness (QED) is 0.253. The van der Waals surface area contributed by atoms with Gasteiger partial charge in [-0.15, -0.1) is 0 Å². The van der Waals surface area contributed by atoms with Crippen LogP contribution in [0.1, 0.15) is 28.0 Å². The molecule has 11 heteroatoms. The fraction of sp³-hybridized carbons (Fsp3) is 0.172. The van der Waals surface area contributed by atoms with E-state index in [1.54, 1.807) is 60.5 Å². The summed E-state index contributed by atoms with van der Waals surface area (Å²) < 4.78 is 6.87. The lowest BCUT2D eigenvalue weighted by molar-refractivity contribution is -0.746. The lowest BCUT2D eigenvalue weighted by Crippen LogP contribution is -2.43. The van der Waals surface area contributed by atoms with Crippen LogP contribution in [0.3, 0.4) is 0 Å². The zero-order chi connectivity index (χ0) is 28.2. The van der Waals surface area contributed by atoms with Gasteiger partial charge in [0.2, 0.25) is 11.2 Å². The van der Waals surface area contributed by atoms with Crippen LogP contribution >= 0.6 is 12.2 Å². The van der Waals surface area contributed by atoms with Crippen molar-refractivity contribution in [2.24, 2.45) is 7.05 Å². The zero-order valence-corrected chi connectivity index (χ0v) is 22.7. The van der Waals surface area contributed by atoms with Gasteiger partial charge < -0.3 is 10.2 Å². The van der Waals surface area contributed by atoms with Crippen molar-refractivity contribution in [1.29, 1.82) is 0 Å². The highest BCUT2D eigenvalue weighted by Gasteiger charge is 2.46. The summed E-state index contributed by atoms with van der Waals surface area (Å²) in [4.78, 5) is 42.7. The highest BCUT2D eigenvalue weighted by molar-refractivity contribution is 7.80. The van der Waals surface area contributed by atoms with Crippen molar-refractivity contribution in [3.63, 3.8) is 0 Å². The van der Waals surface area contributed by atoms with Gasteiger partial charge in [0.05, 0.1) is 12.1 Å². The molecule has 2 heterocycles. The molecular weight excluding hydrogens is 528 g/mol. The Morgan fingerprint density at radius 3 is 2.30 bits per heavy atom. The molecule has 1 aliphatic heterocycles. The topological polar surface area (TPSA) is 112 Å². The van der Waals surface area contributed by atoms with Gasteiger partial charge in [0.25, 0.3) is 17.5 Å². The molecule has 1 aromatic heterocycles. The molecule has 5 rings (SSSR count). The number of carbonyl (C=O) groups is 3. The molecule has 1 unspecified atom stereocenters. The zero-order valence-electron chi connectivity index (χ0n) is 21.9. The number of para-hydroxylation sites is 1. The number of benzene rings is 3. The highest BCUT2D eigenvalue weighted by atomic mass is 32.1. The number of anilines is 3. The van der Waals surface area contributed by atoms with E-state index in [9.17, 15) is 14.4 Å². The first-order valence-electron chi connectivity index (χ1n) is 12.6. The van der Waals surface area contributed by atoms with Crippen LogP contribution < -0.4 is 20.2 Å². The maximum atomic E-state index is 13.7. The summed E-state index contributed by atoms with van der Waals surface area (Å²) in [6.07, 6.45) is -0.142. The predicted molar refractivity (Wildman–Crippen MR) is 152 cm³/mol. The van der Waals surface area contributed by atoms with Gasteiger partial charge in [-0.3, -0.25) is 29.1 Å². The summed E-state index contributed by atoms with van der Waals surface area (Å²) in [6, 6.07) is 24.2. The second kappa shape index (κ2) is 11.5. The Labute approximate surface area is 236 Å². The van der Waals surface area contributed by atoms with E-state index in [2.05, 4.69) is 15.9 Å². The summed E-state index contributed by atoms with van der Waals surface area (Å²) in [5.41, 5.74) is 3.21. The molecule has 10 nitrogen and oxygen atoms in total. The van der Waals surface area contributed by atoms with E-state index < -0.39 is 6.04 Å². The number of aryl methyl sites for hydroxylation is 2. The van der Waals surface area contributed by atoms with Gasteiger partial charge in [-0.2, -0.15) is 0 Å². The third-order valence-corrected chi connectivity index (χ3v) is 6.95. The van der Waals surface area contributed by atoms with Crippen LogP contribution in [-0.4, -0.2) is 39.0 Å². The van der Waals surface area contributed by atoms with Crippen molar-refractivity contribution in [3.8, 4) is 0 Å². The SMILES string of the molecule is Cc1ccc(NC(=O)CC2C(=O)N(c3ccccc3)C(=S)N2Cc2c(NC(=O)c3ccccc3)on[n+]2C)cc1. The third kappa shape index (κ3) is 5.59. The van der Waals surface area contributed by atoms with E-state index in [1.165, 1.54) is 9.58 Å². The van der Waals surface area contributed by atoms with Crippen molar-refractivity contribution in [3.05, 3.63) is 102 Å². The molecule has 0 spiro atoms. The van der Waals surface area contributed by atoms with Gasteiger partial charge in [-0.25, -0.2) is 0 Å². The van der Waals surface area contributed by atoms with Crippen LogP contribution in [0.5, 0.6) is 0 Å². The van der Waals surface area contributed by atoms with E-state index in [4.69, 9.17) is 16.7 Å². The molecule has 4 aromatic rings. The normalized spacial score (nSPS) is 14.9. The summed E-state index contributed by atoms with van der Waals surface area (Å²) in [5, 5.41) is 9.79. The predicted octanol–water partition coefficient (Wildman–Crippen LogP) is 3.59. The minimum atomic E-state index is -0.897. The van der Waals surface area contributed by atoms with Gasteiger partial charge in [0.15, 0.2) is 12.2 Å². The number of thiocarbonyl (C=S) groups is 1. The summed E-state index contributed by atoms with van der Waals surface area (Å²) in [6.45, 7) is 2.02. The second-order valence-electron chi connectivity index (χ2n) is 9.35. The third-order valence-electron chi connectivity index (χ3n) is 6.54. The van der Waals surface area contributed by atoms with E-state index in [0.29, 0.717) is 22.6 Å². The number of nitrogens with zero attached hydrogens (tertiary/aromatic N) is 4. The van der Waals surface area contributed by atoms with Crippen molar-refractivity contribution in [2.75, 3.05) is 15.5 Å². The van der Waals surface area contributed by atoms with E-state index in [-0.39, 0.29) is 41.7 Å². The molecule has 202 valence electrons. The van der Waals surface area contributed by atoms with Crippen LogP contribution in [0.2, 0.25) is 0 Å². The van der Waals surface area contributed by atoms with Crippen LogP contribution in [0.15, 0.2) is 89.5 Å². The van der Waals surface area contributed by atoms with E-state index >= 15 is 0 Å². The first-order valence-corrected chi connectivity index (χ1v) is 13.0. The minimum Gasteiger partial charge on any atom is -0.326 e. The largest absolute Gasteiger partial charge is 0.326 e. The van der Waals surface area contributed by atoms with Gasteiger partial charge in [0, 0.05) is 11.3 Å². The molecule has 0 aliphatic carbocycles. The number of nitrogens with one attached hydrogen (secondary N) is 2. The van der Waals surface area contributed by atoms with Crippen molar-refractivity contribution in [1.82, 2.24) is 10.2 Å². The first kappa shape index (κ1) is 26.7. The average Bonchev–Trinajstić information content (AvgIpc) is 3.41. The molecule has 3 aromatic carbocycles. The van der Waals surface area contributed by atoms with Gasteiger partial charge in [0.1, 0.15) is 12.6 Å². The Kier molecular flexibility index (Phi) is 7.65. The monoisotopic (exact) mass is 555 g/mol. The average molecular weight is 556 g/mol. The van der Waals surface area contributed by atoms with Gasteiger partial charge >= 0.3 is 5.88 Å². The molecule has 0 bridgehead atoms. The van der Waals surface area contributed by atoms with Crippen LogP contribution in [0.25, 0.3) is 0 Å². The van der Waals surface area contributed by atoms with E-state index in [0.717, 1.165) is 5.56 Å². The summed E-state index contributed by atoms with van der Waals surface area (Å²) >= 11 is 5.77. The molecule has 1 fully saturated rings. The molecule has 1 atom stereocenters. The van der Waals surface area contributed by atoms with Crippen LogP contribution in [0, 0.1) is 6.92 Å². The second-order valence-corrected chi connectivity index (χ2v) is 9.71. The van der Waals surface area contributed by atoms with Crippen molar-refractivity contribution < 1.29 is 23.6 Å². The van der Waals surface area contributed by atoms with Crippen molar-refractivity contribution >= 4 is 52.3 Å². The number of carbonyl (C=O) groups excluding carboxylic acids is 3. The highest BCUT2D eigenvalue weighted by Crippen LogP contribution is 2.29. The molecule has 3 amide bonds. The molecule has 1 aliphatic rings. The Morgan fingerprint density at radius 1 is 0.975 bits per heavy atom. The smallest absolute Gasteiger partial charge is 0.307 e. The molecule has 1 saturated heterocycles. The summed E-state index contributed by atoms with van der Waals surface area (Å²) in [7, 11) is 1.66. The molecular formula is C29H27N6O4S+. The van der Waals surface area contributed by atoms with Crippen molar-refractivity contribution in [2.45, 2.75) is 25.9 Å². The first-order chi connectivity index (χ1) is 19.3. The number of hydrogen-bond acceptors (Lipinski definition) is 6. The Bertz CT molecular complexity index is 1560. The van der Waals surface area contributed by atoms with Crippen LogP contribution in [0.4, 0.5) is 17.3 Å². The van der Waals surface area contributed by atoms with E-state index in [1.807, 2.05) is 43.3 Å². The molecule has 0 radical (unpaired) electrons. The van der Waals surface area contributed by atoms with Gasteiger partial charge in [-0.05, 0) is 60.2 Å². The Balaban J connectivity index is 1.42. The fourth-order valence-corrected chi connectivity index (χ4v) is 4.79. The molecule has 2 N–H and O–H groups in total. The number of amides is 3. The fourth-order valence-electron chi connectivity index (χ4n) is 4.40. The standard InChI is InChI=1S/C29H26N6O4S/c1-19-13-15-21(16-14-19)30-25(36)17-23-28(38)35(22-11-7-4-8-12-22)29(40)34(23)18-24-27(39-32-33(24)2)31-26(37)20-9-5-3-6-10-20/h3-16,23H,17-18H2,1-2H3,(H-,30,31,32,36,37)/p+1. The minimum absolute atomic E-state index is 0.0563. The van der Waals surface area contributed by atoms with Crippen LogP contribution in [-0.2, 0) is 23.2 Å². The Morgan fingerprint density at radius 2 is 1.62 bits per heavy atom. The molecule has 0 saturated carbocycles. The number of hydrogen-bond donors (Lipinski definition) is 2. The number of rotatable bonds is 8. The lowest BCUT2D eigenvalue weighted by Gasteiger charge is -2.22. The number of aromatic nitrogens is 2. The molecule has 40 heavy (non-hydrogen) atoms. The maximum absolute atomic E-state index is 13.7. The maximum Gasteiger partial charge on any atom is 0.307 e. The lowest BCUT2D eigenvalue weighted by atomic mass is 10.1. The van der Waals surface area contributed by atoms with Gasteiger partial charge in [-0.1, -0.05) is 54.1 Å². The summed E-state index contributed by atoms with van der Waals surface area (Å²) in [5.74, 6) is -0.923.